The molecule has 0 radical (unpaired) electrons. The fraction of sp³-hybridized carbons (Fsp3) is 0.600. The minimum atomic E-state index is -3.59. The van der Waals surface area contributed by atoms with Crippen molar-refractivity contribution in [3.05, 3.63) is 23.8 Å². The van der Waals surface area contributed by atoms with Crippen molar-refractivity contribution in [1.82, 2.24) is 4.31 Å². The summed E-state index contributed by atoms with van der Waals surface area (Å²) in [6, 6.07) is 4.75. The van der Waals surface area contributed by atoms with Gasteiger partial charge in [0.1, 0.15) is 10.6 Å². The molecule has 1 aromatic rings. The van der Waals surface area contributed by atoms with E-state index in [0.717, 1.165) is 12.8 Å². The van der Waals surface area contributed by atoms with Crippen LogP contribution in [-0.4, -0.2) is 38.0 Å². The van der Waals surface area contributed by atoms with Crippen molar-refractivity contribution in [3.63, 3.8) is 0 Å². The second-order valence-corrected chi connectivity index (χ2v) is 8.12. The molecule has 0 atom stereocenters. The molecule has 0 aliphatic carbocycles. The van der Waals surface area contributed by atoms with Crippen LogP contribution in [0.5, 0.6) is 5.75 Å². The van der Waals surface area contributed by atoms with Crippen molar-refractivity contribution < 1.29 is 18.3 Å². The number of piperidine rings is 1. The molecule has 0 amide bonds. The van der Waals surface area contributed by atoms with Crippen LogP contribution >= 0.6 is 0 Å². The lowest BCUT2D eigenvalue weighted by molar-refractivity contribution is 0.195. The molecule has 0 spiro atoms. The molecule has 1 aromatic carbocycles. The number of hydrogen-bond acceptors (Lipinski definition) is 4. The summed E-state index contributed by atoms with van der Waals surface area (Å²) in [6.07, 6.45) is 1.68. The Balaban J connectivity index is 2.35. The number of methoxy groups -OCH3 is 1. The van der Waals surface area contributed by atoms with E-state index in [4.69, 9.17) is 4.74 Å². The average molecular weight is 313 g/mol. The van der Waals surface area contributed by atoms with E-state index >= 15 is 0 Å². The molecule has 0 aromatic heterocycles. The Labute approximate surface area is 126 Å². The summed E-state index contributed by atoms with van der Waals surface area (Å²) in [5.41, 5.74) is 0.745. The quantitative estimate of drug-likeness (QED) is 0.923. The van der Waals surface area contributed by atoms with Crippen LogP contribution in [0.1, 0.15) is 32.3 Å². The second-order valence-electron chi connectivity index (χ2n) is 6.21. The maximum atomic E-state index is 12.8. The number of aliphatic hydroxyl groups excluding tert-OH is 1. The third-order valence-electron chi connectivity index (χ3n) is 4.10. The Morgan fingerprint density at radius 3 is 2.43 bits per heavy atom. The Morgan fingerprint density at radius 1 is 1.29 bits per heavy atom. The molecule has 21 heavy (non-hydrogen) atoms. The molecule has 5 nitrogen and oxygen atoms in total. The standard InChI is InChI=1S/C15H23NO4S/c1-15(2)6-8-16(9-7-15)21(18,19)14-10-12(11-17)4-5-13(14)20-3/h4-5,10,17H,6-9,11H2,1-3H3. The third kappa shape index (κ3) is 3.39. The second kappa shape index (κ2) is 5.94. The molecule has 6 heteroatoms. The van der Waals surface area contributed by atoms with E-state index in [1.807, 2.05) is 0 Å². The molecule has 1 N–H and O–H groups in total. The predicted molar refractivity (Wildman–Crippen MR) is 80.7 cm³/mol. The lowest BCUT2D eigenvalue weighted by Crippen LogP contribution is -2.41. The zero-order valence-electron chi connectivity index (χ0n) is 12.8. The molecular formula is C15H23NO4S. The van der Waals surface area contributed by atoms with E-state index in [1.165, 1.54) is 17.5 Å². The van der Waals surface area contributed by atoms with Gasteiger partial charge in [-0.15, -0.1) is 0 Å². The smallest absolute Gasteiger partial charge is 0.246 e. The van der Waals surface area contributed by atoms with Crippen LogP contribution in [-0.2, 0) is 16.6 Å². The van der Waals surface area contributed by atoms with E-state index in [-0.39, 0.29) is 16.9 Å². The lowest BCUT2D eigenvalue weighted by Gasteiger charge is -2.36. The van der Waals surface area contributed by atoms with Gasteiger partial charge in [0.15, 0.2) is 0 Å². The Hall–Kier alpha value is -1.11. The predicted octanol–water partition coefficient (Wildman–Crippen LogP) is 2.00. The fourth-order valence-corrected chi connectivity index (χ4v) is 4.14. The van der Waals surface area contributed by atoms with E-state index < -0.39 is 10.0 Å². The number of aliphatic hydroxyl groups is 1. The molecule has 1 aliphatic rings. The molecule has 2 rings (SSSR count). The van der Waals surface area contributed by atoms with E-state index in [9.17, 15) is 13.5 Å². The molecule has 1 fully saturated rings. The minimum Gasteiger partial charge on any atom is -0.495 e. The van der Waals surface area contributed by atoms with Gasteiger partial charge in [0.2, 0.25) is 10.0 Å². The van der Waals surface area contributed by atoms with Crippen LogP contribution in [0.2, 0.25) is 0 Å². The maximum Gasteiger partial charge on any atom is 0.246 e. The van der Waals surface area contributed by atoms with Gasteiger partial charge in [-0.05, 0) is 36.0 Å². The Kier molecular flexibility index (Phi) is 4.60. The topological polar surface area (TPSA) is 66.8 Å². The first-order chi connectivity index (χ1) is 9.80. The van der Waals surface area contributed by atoms with Crippen molar-refractivity contribution in [2.75, 3.05) is 20.2 Å². The van der Waals surface area contributed by atoms with E-state index in [2.05, 4.69) is 13.8 Å². The highest BCUT2D eigenvalue weighted by molar-refractivity contribution is 7.89. The van der Waals surface area contributed by atoms with Gasteiger partial charge in [-0.1, -0.05) is 19.9 Å². The molecule has 0 bridgehead atoms. The van der Waals surface area contributed by atoms with Gasteiger partial charge < -0.3 is 9.84 Å². The number of ether oxygens (including phenoxy) is 1. The van der Waals surface area contributed by atoms with Gasteiger partial charge in [-0.2, -0.15) is 4.31 Å². The summed E-state index contributed by atoms with van der Waals surface area (Å²) < 4.78 is 32.3. The van der Waals surface area contributed by atoms with Gasteiger partial charge in [-0.3, -0.25) is 0 Å². The SMILES string of the molecule is COc1ccc(CO)cc1S(=O)(=O)N1CCC(C)(C)CC1. The Morgan fingerprint density at radius 2 is 1.90 bits per heavy atom. The first-order valence-electron chi connectivity index (χ1n) is 7.08. The largest absolute Gasteiger partial charge is 0.495 e. The number of rotatable bonds is 4. The summed E-state index contributed by atoms with van der Waals surface area (Å²) in [7, 11) is -2.14. The monoisotopic (exact) mass is 313 g/mol. The molecular weight excluding hydrogens is 290 g/mol. The average Bonchev–Trinajstić information content (AvgIpc) is 2.46. The molecule has 1 saturated heterocycles. The number of benzene rings is 1. The minimum absolute atomic E-state index is 0.135. The molecule has 0 unspecified atom stereocenters. The zero-order chi connectivity index (χ0) is 15.7. The molecule has 0 saturated carbocycles. The van der Waals surface area contributed by atoms with Crippen molar-refractivity contribution in [2.24, 2.45) is 5.41 Å². The third-order valence-corrected chi connectivity index (χ3v) is 6.02. The summed E-state index contributed by atoms with van der Waals surface area (Å²) in [5.74, 6) is 0.317. The highest BCUT2D eigenvalue weighted by atomic mass is 32.2. The van der Waals surface area contributed by atoms with Crippen molar-refractivity contribution in [3.8, 4) is 5.75 Å². The highest BCUT2D eigenvalue weighted by Gasteiger charge is 2.34. The van der Waals surface area contributed by atoms with Crippen LogP contribution < -0.4 is 4.74 Å². The van der Waals surface area contributed by atoms with Crippen LogP contribution in [0.3, 0.4) is 0 Å². The fourth-order valence-electron chi connectivity index (χ4n) is 2.49. The number of hydrogen-bond donors (Lipinski definition) is 1. The van der Waals surface area contributed by atoms with Crippen LogP contribution in [0.4, 0.5) is 0 Å². The molecule has 118 valence electrons. The summed E-state index contributed by atoms with van der Waals surface area (Å²) >= 11 is 0. The number of sulfonamides is 1. The van der Waals surface area contributed by atoms with Crippen molar-refractivity contribution >= 4 is 10.0 Å². The van der Waals surface area contributed by atoms with E-state index in [1.54, 1.807) is 12.1 Å². The van der Waals surface area contributed by atoms with Crippen LogP contribution in [0.15, 0.2) is 23.1 Å². The van der Waals surface area contributed by atoms with Gasteiger partial charge in [0, 0.05) is 13.1 Å². The normalized spacial score (nSPS) is 19.4. The van der Waals surface area contributed by atoms with Gasteiger partial charge in [-0.25, -0.2) is 8.42 Å². The van der Waals surface area contributed by atoms with E-state index in [0.29, 0.717) is 24.4 Å². The van der Waals surface area contributed by atoms with Gasteiger partial charge >= 0.3 is 0 Å². The Bertz CT molecular complexity index is 600. The first kappa shape index (κ1) is 16.3. The molecule has 1 heterocycles. The maximum absolute atomic E-state index is 12.8. The summed E-state index contributed by atoms with van der Waals surface area (Å²) in [5, 5.41) is 9.22. The summed E-state index contributed by atoms with van der Waals surface area (Å²) in [4.78, 5) is 0.135. The van der Waals surface area contributed by atoms with Crippen LogP contribution in [0, 0.1) is 5.41 Å². The highest BCUT2D eigenvalue weighted by Crippen LogP contribution is 2.34. The zero-order valence-corrected chi connectivity index (χ0v) is 13.6. The van der Waals surface area contributed by atoms with Crippen molar-refractivity contribution in [1.29, 1.82) is 0 Å². The first-order valence-corrected chi connectivity index (χ1v) is 8.52. The van der Waals surface area contributed by atoms with Crippen molar-refractivity contribution in [2.45, 2.75) is 38.2 Å². The number of nitrogens with zero attached hydrogens (tertiary/aromatic N) is 1. The van der Waals surface area contributed by atoms with Crippen LogP contribution in [0.25, 0.3) is 0 Å². The van der Waals surface area contributed by atoms with Gasteiger partial charge in [0.05, 0.1) is 13.7 Å². The molecule has 1 aliphatic heterocycles. The lowest BCUT2D eigenvalue weighted by atomic mass is 9.83. The van der Waals surface area contributed by atoms with Gasteiger partial charge in [0.25, 0.3) is 0 Å². The summed E-state index contributed by atoms with van der Waals surface area (Å²) in [6.45, 7) is 5.15.